The van der Waals surface area contributed by atoms with Crippen LogP contribution < -0.4 is 0 Å². The Morgan fingerprint density at radius 1 is 1.47 bits per heavy atom. The first kappa shape index (κ1) is 13.8. The topological polar surface area (TPSA) is 63.7 Å². The minimum absolute atomic E-state index is 0.333. The maximum absolute atomic E-state index is 12.0. The monoisotopic (exact) mass is 297 g/mol. The summed E-state index contributed by atoms with van der Waals surface area (Å²) in [6.07, 6.45) is 1.68. The van der Waals surface area contributed by atoms with Crippen molar-refractivity contribution in [2.75, 3.05) is 13.7 Å². The smallest absolute Gasteiger partial charge is 0.325 e. The van der Waals surface area contributed by atoms with Crippen LogP contribution in [0.3, 0.4) is 0 Å². The fourth-order valence-corrected chi connectivity index (χ4v) is 3.23. The molecule has 0 aromatic carbocycles. The van der Waals surface area contributed by atoms with E-state index in [0.717, 1.165) is 27.1 Å². The molecule has 2 rings (SSSR count). The quantitative estimate of drug-likeness (QED) is 0.632. The molecule has 0 saturated carbocycles. The zero-order valence-corrected chi connectivity index (χ0v) is 12.0. The molecule has 19 heavy (non-hydrogen) atoms. The molecule has 1 aromatic heterocycles. The molecule has 5 nitrogen and oxygen atoms in total. The van der Waals surface area contributed by atoms with Gasteiger partial charge in [0.25, 0.3) is 11.1 Å². The van der Waals surface area contributed by atoms with Gasteiger partial charge in [-0.2, -0.15) is 0 Å². The number of thiophene rings is 1. The Hall–Kier alpha value is -1.60. The second-order valence-electron chi connectivity index (χ2n) is 3.81. The molecule has 2 heterocycles. The number of thioether (sulfide) groups is 1. The van der Waals surface area contributed by atoms with Crippen LogP contribution in [0.2, 0.25) is 0 Å². The minimum atomic E-state index is -0.615. The Morgan fingerprint density at radius 2 is 2.21 bits per heavy atom. The molecule has 0 N–H and O–H groups in total. The Kier molecular flexibility index (Phi) is 4.06. The van der Waals surface area contributed by atoms with E-state index >= 15 is 0 Å². The molecule has 0 bridgehead atoms. The maximum Gasteiger partial charge on any atom is 0.325 e. The van der Waals surface area contributed by atoms with Gasteiger partial charge in [-0.05, 0) is 41.8 Å². The zero-order valence-electron chi connectivity index (χ0n) is 10.3. The third kappa shape index (κ3) is 2.87. The number of methoxy groups -OCH3 is 1. The molecule has 7 heteroatoms. The van der Waals surface area contributed by atoms with Gasteiger partial charge < -0.3 is 4.74 Å². The van der Waals surface area contributed by atoms with E-state index in [2.05, 4.69) is 4.74 Å². The lowest BCUT2D eigenvalue weighted by Gasteiger charge is -2.09. The van der Waals surface area contributed by atoms with Gasteiger partial charge in [0.05, 0.1) is 12.0 Å². The standard InChI is InChI=1S/C12H11NO4S2/c1-7-3-4-18-8(7)5-9-11(15)13(12(16)19-9)6-10(14)17-2/h3-5H,6H2,1-2H3. The van der Waals surface area contributed by atoms with Crippen LogP contribution in [0.25, 0.3) is 6.08 Å². The molecule has 1 saturated heterocycles. The predicted octanol–water partition coefficient (Wildman–Crippen LogP) is 2.27. The number of imide groups is 1. The van der Waals surface area contributed by atoms with Crippen LogP contribution in [-0.2, 0) is 14.3 Å². The van der Waals surface area contributed by atoms with Gasteiger partial charge in [0.15, 0.2) is 0 Å². The maximum atomic E-state index is 12.0. The highest BCUT2D eigenvalue weighted by Gasteiger charge is 2.36. The number of nitrogens with zero attached hydrogens (tertiary/aromatic N) is 1. The van der Waals surface area contributed by atoms with Crippen molar-refractivity contribution in [2.24, 2.45) is 0 Å². The number of hydrogen-bond donors (Lipinski definition) is 0. The zero-order chi connectivity index (χ0) is 14.0. The molecule has 1 aliphatic rings. The Labute approximate surface area is 118 Å². The van der Waals surface area contributed by atoms with E-state index < -0.39 is 17.1 Å². The van der Waals surface area contributed by atoms with Gasteiger partial charge in [0, 0.05) is 4.88 Å². The van der Waals surface area contributed by atoms with Crippen molar-refractivity contribution in [2.45, 2.75) is 6.92 Å². The van der Waals surface area contributed by atoms with Crippen molar-refractivity contribution < 1.29 is 19.1 Å². The summed E-state index contributed by atoms with van der Waals surface area (Å²) in [4.78, 5) is 37.0. The lowest BCUT2D eigenvalue weighted by atomic mass is 10.2. The van der Waals surface area contributed by atoms with E-state index in [-0.39, 0.29) is 6.54 Å². The molecule has 0 unspecified atom stereocenters. The van der Waals surface area contributed by atoms with Crippen LogP contribution in [0, 0.1) is 6.92 Å². The predicted molar refractivity (Wildman–Crippen MR) is 73.7 cm³/mol. The highest BCUT2D eigenvalue weighted by molar-refractivity contribution is 8.18. The molecule has 1 aromatic rings. The molecule has 0 atom stereocenters. The summed E-state index contributed by atoms with van der Waals surface area (Å²) < 4.78 is 4.46. The van der Waals surface area contributed by atoms with Crippen molar-refractivity contribution in [3.05, 3.63) is 26.8 Å². The first-order chi connectivity index (χ1) is 9.02. The fraction of sp³-hybridized carbons (Fsp3) is 0.250. The average molecular weight is 297 g/mol. The molecular formula is C12H11NO4S2. The molecule has 0 spiro atoms. The normalized spacial score (nSPS) is 17.4. The SMILES string of the molecule is COC(=O)CN1C(=O)SC(=Cc2sccc2C)C1=O. The fourth-order valence-electron chi connectivity index (χ4n) is 1.48. The first-order valence-electron chi connectivity index (χ1n) is 5.39. The summed E-state index contributed by atoms with van der Waals surface area (Å²) in [5.74, 6) is -1.07. The largest absolute Gasteiger partial charge is 0.468 e. The third-order valence-electron chi connectivity index (χ3n) is 2.55. The molecule has 1 fully saturated rings. The van der Waals surface area contributed by atoms with Crippen molar-refractivity contribution in [3.63, 3.8) is 0 Å². The van der Waals surface area contributed by atoms with E-state index in [1.165, 1.54) is 18.4 Å². The minimum Gasteiger partial charge on any atom is -0.468 e. The molecule has 2 amide bonds. The second-order valence-corrected chi connectivity index (χ2v) is 5.75. The van der Waals surface area contributed by atoms with Crippen molar-refractivity contribution >= 4 is 46.3 Å². The number of ether oxygens (including phenoxy) is 1. The van der Waals surface area contributed by atoms with Gasteiger partial charge in [0.2, 0.25) is 0 Å². The summed E-state index contributed by atoms with van der Waals surface area (Å²) >= 11 is 2.33. The molecule has 100 valence electrons. The van der Waals surface area contributed by atoms with E-state index in [9.17, 15) is 14.4 Å². The Morgan fingerprint density at radius 3 is 2.79 bits per heavy atom. The number of amides is 2. The van der Waals surface area contributed by atoms with Crippen LogP contribution in [0.4, 0.5) is 4.79 Å². The van der Waals surface area contributed by atoms with Gasteiger partial charge >= 0.3 is 5.97 Å². The summed E-state index contributed by atoms with van der Waals surface area (Å²) in [7, 11) is 1.21. The lowest BCUT2D eigenvalue weighted by Crippen LogP contribution is -2.34. The molecule has 0 aliphatic carbocycles. The van der Waals surface area contributed by atoms with E-state index in [1.54, 1.807) is 6.08 Å². The molecule has 0 radical (unpaired) electrons. The van der Waals surface area contributed by atoms with Crippen molar-refractivity contribution in [3.8, 4) is 0 Å². The van der Waals surface area contributed by atoms with Crippen LogP contribution in [0.1, 0.15) is 10.4 Å². The highest BCUT2D eigenvalue weighted by atomic mass is 32.2. The third-order valence-corrected chi connectivity index (χ3v) is 4.43. The summed E-state index contributed by atoms with van der Waals surface area (Å²) in [6.45, 7) is 1.59. The van der Waals surface area contributed by atoms with Gasteiger partial charge in [-0.3, -0.25) is 19.3 Å². The van der Waals surface area contributed by atoms with Crippen LogP contribution in [-0.4, -0.2) is 35.7 Å². The summed E-state index contributed by atoms with van der Waals surface area (Å²) in [6, 6.07) is 1.94. The lowest BCUT2D eigenvalue weighted by molar-refractivity contribution is -0.143. The van der Waals surface area contributed by atoms with Gasteiger partial charge in [-0.1, -0.05) is 0 Å². The van der Waals surface area contributed by atoms with Crippen LogP contribution >= 0.6 is 23.1 Å². The van der Waals surface area contributed by atoms with Crippen molar-refractivity contribution in [1.82, 2.24) is 4.90 Å². The number of carbonyl (C=O) groups excluding carboxylic acids is 3. The van der Waals surface area contributed by atoms with Gasteiger partial charge in [0.1, 0.15) is 6.54 Å². The molecule has 1 aliphatic heterocycles. The van der Waals surface area contributed by atoms with Gasteiger partial charge in [-0.15, -0.1) is 11.3 Å². The Bertz CT molecular complexity index is 576. The second kappa shape index (κ2) is 5.58. The summed E-state index contributed by atoms with van der Waals surface area (Å²) in [5, 5.41) is 1.47. The molecular weight excluding hydrogens is 286 g/mol. The van der Waals surface area contributed by atoms with Gasteiger partial charge in [-0.25, -0.2) is 0 Å². The van der Waals surface area contributed by atoms with Crippen LogP contribution in [0.5, 0.6) is 0 Å². The highest BCUT2D eigenvalue weighted by Crippen LogP contribution is 2.33. The Balaban J connectivity index is 2.21. The van der Waals surface area contributed by atoms with Crippen LogP contribution in [0.15, 0.2) is 16.4 Å². The van der Waals surface area contributed by atoms with Crippen molar-refractivity contribution in [1.29, 1.82) is 0 Å². The first-order valence-corrected chi connectivity index (χ1v) is 7.09. The van der Waals surface area contributed by atoms with E-state index in [1.807, 2.05) is 18.4 Å². The summed E-state index contributed by atoms with van der Waals surface area (Å²) in [5.41, 5.74) is 1.05. The number of esters is 1. The number of rotatable bonds is 3. The van der Waals surface area contributed by atoms with E-state index in [4.69, 9.17) is 0 Å². The number of carbonyl (C=O) groups is 3. The number of hydrogen-bond acceptors (Lipinski definition) is 6. The average Bonchev–Trinajstić information content (AvgIpc) is 2.89. The van der Waals surface area contributed by atoms with E-state index in [0.29, 0.717) is 4.91 Å². The number of aryl methyl sites for hydroxylation is 1.